The minimum atomic E-state index is -0.277. The van der Waals surface area contributed by atoms with Crippen molar-refractivity contribution >= 4 is 23.1 Å². The normalized spacial score (nSPS) is 28.5. The standard InChI is InChI=1S/C19H26N4O/c1-14(24)23-12-6-11-19(13-23)18(20-15-7-2-3-8-15)21-16-9-4-5-10-17(16)22-19/h4-5,9-10,15,22H,2-3,6-8,11-13H2,1H3,(H,20,21)/t19-/m1/s1. The summed E-state index contributed by atoms with van der Waals surface area (Å²) in [7, 11) is 0. The van der Waals surface area contributed by atoms with E-state index in [2.05, 4.69) is 22.8 Å². The highest BCUT2D eigenvalue weighted by Gasteiger charge is 2.44. The van der Waals surface area contributed by atoms with Gasteiger partial charge in [0.05, 0.1) is 24.0 Å². The van der Waals surface area contributed by atoms with Crippen LogP contribution >= 0.6 is 0 Å². The molecule has 1 saturated carbocycles. The van der Waals surface area contributed by atoms with Gasteiger partial charge in [0.1, 0.15) is 11.4 Å². The van der Waals surface area contributed by atoms with Crippen LogP contribution in [0, 0.1) is 0 Å². The number of anilines is 2. The minimum Gasteiger partial charge on any atom is -0.370 e. The van der Waals surface area contributed by atoms with Gasteiger partial charge in [-0.1, -0.05) is 25.0 Å². The first-order valence-corrected chi connectivity index (χ1v) is 9.14. The minimum absolute atomic E-state index is 0.148. The summed E-state index contributed by atoms with van der Waals surface area (Å²) in [6, 6.07) is 8.70. The number of fused-ring (bicyclic) bond motifs is 1. The van der Waals surface area contributed by atoms with Crippen LogP contribution in [0.1, 0.15) is 45.4 Å². The van der Waals surface area contributed by atoms with Crippen molar-refractivity contribution < 1.29 is 4.79 Å². The van der Waals surface area contributed by atoms with Crippen molar-refractivity contribution in [2.24, 2.45) is 4.99 Å². The summed E-state index contributed by atoms with van der Waals surface area (Å²) in [5.74, 6) is 1.18. The SMILES string of the molecule is CC(=O)N1CCC[C@]2(C1)Nc1ccccc1NC2=NC1CCCC1. The molecule has 1 aliphatic carbocycles. The van der Waals surface area contributed by atoms with Gasteiger partial charge in [0, 0.05) is 13.5 Å². The van der Waals surface area contributed by atoms with E-state index < -0.39 is 0 Å². The molecule has 1 amide bonds. The molecule has 5 heteroatoms. The molecule has 2 N–H and O–H groups in total. The summed E-state index contributed by atoms with van der Waals surface area (Å²) in [5, 5.41) is 7.33. The third-order valence-corrected chi connectivity index (χ3v) is 5.58. The molecule has 1 spiro atoms. The molecule has 1 aromatic carbocycles. The van der Waals surface area contributed by atoms with E-state index in [1.807, 2.05) is 17.0 Å². The van der Waals surface area contributed by atoms with E-state index in [1.54, 1.807) is 6.92 Å². The highest BCUT2D eigenvalue weighted by atomic mass is 16.2. The van der Waals surface area contributed by atoms with Gasteiger partial charge < -0.3 is 15.5 Å². The molecule has 2 aliphatic heterocycles. The first-order chi connectivity index (χ1) is 11.7. The number of likely N-dealkylation sites (tertiary alicyclic amines) is 1. The molecule has 2 fully saturated rings. The number of aliphatic imine (C=N–C) groups is 1. The monoisotopic (exact) mass is 326 g/mol. The third-order valence-electron chi connectivity index (χ3n) is 5.58. The van der Waals surface area contributed by atoms with Crippen molar-refractivity contribution in [3.05, 3.63) is 24.3 Å². The molecular formula is C19H26N4O. The zero-order chi connectivity index (χ0) is 16.6. The Morgan fingerprint density at radius 1 is 1.21 bits per heavy atom. The lowest BCUT2D eigenvalue weighted by atomic mass is 9.85. The molecule has 4 rings (SSSR count). The molecule has 1 atom stereocenters. The Kier molecular flexibility index (Phi) is 3.94. The number of nitrogens with zero attached hydrogens (tertiary/aromatic N) is 2. The largest absolute Gasteiger partial charge is 0.370 e. The molecule has 3 aliphatic rings. The lowest BCUT2D eigenvalue weighted by Crippen LogP contribution is -2.62. The molecule has 5 nitrogen and oxygen atoms in total. The Morgan fingerprint density at radius 3 is 2.71 bits per heavy atom. The predicted molar refractivity (Wildman–Crippen MR) is 97.6 cm³/mol. The Morgan fingerprint density at radius 2 is 1.96 bits per heavy atom. The molecule has 128 valence electrons. The Hall–Kier alpha value is -2.04. The molecule has 0 aromatic heterocycles. The molecule has 1 saturated heterocycles. The summed E-state index contributed by atoms with van der Waals surface area (Å²) in [6.45, 7) is 3.20. The van der Waals surface area contributed by atoms with Gasteiger partial charge >= 0.3 is 0 Å². The van der Waals surface area contributed by atoms with Crippen molar-refractivity contribution in [3.63, 3.8) is 0 Å². The van der Waals surface area contributed by atoms with Crippen LogP contribution in [-0.2, 0) is 4.79 Å². The number of hydrogen-bond donors (Lipinski definition) is 2. The lowest BCUT2D eigenvalue weighted by molar-refractivity contribution is -0.130. The number of carbonyl (C=O) groups excluding carboxylic acids is 1. The zero-order valence-corrected chi connectivity index (χ0v) is 14.3. The zero-order valence-electron chi connectivity index (χ0n) is 14.3. The fraction of sp³-hybridized carbons (Fsp3) is 0.579. The van der Waals surface area contributed by atoms with Gasteiger partial charge in [-0.2, -0.15) is 0 Å². The first-order valence-electron chi connectivity index (χ1n) is 9.14. The van der Waals surface area contributed by atoms with E-state index in [9.17, 15) is 4.79 Å². The fourth-order valence-electron chi connectivity index (χ4n) is 4.26. The number of piperidine rings is 1. The number of rotatable bonds is 1. The number of amidine groups is 1. The molecule has 2 heterocycles. The van der Waals surface area contributed by atoms with Crippen LogP contribution in [0.4, 0.5) is 11.4 Å². The number of benzene rings is 1. The van der Waals surface area contributed by atoms with Crippen LogP contribution < -0.4 is 10.6 Å². The Labute approximate surface area is 143 Å². The number of hydrogen-bond acceptors (Lipinski definition) is 3. The van der Waals surface area contributed by atoms with Gasteiger partial charge in [-0.05, 0) is 37.8 Å². The Bertz CT molecular complexity index is 665. The van der Waals surface area contributed by atoms with Crippen LogP contribution in [0.5, 0.6) is 0 Å². The lowest BCUT2D eigenvalue weighted by Gasteiger charge is -2.47. The molecular weight excluding hydrogens is 300 g/mol. The summed E-state index contributed by atoms with van der Waals surface area (Å²) in [4.78, 5) is 19.0. The second-order valence-electron chi connectivity index (χ2n) is 7.34. The van der Waals surface area contributed by atoms with E-state index in [0.717, 1.165) is 36.6 Å². The van der Waals surface area contributed by atoms with Crippen molar-refractivity contribution in [1.82, 2.24) is 4.90 Å². The maximum Gasteiger partial charge on any atom is 0.219 e. The van der Waals surface area contributed by atoms with Crippen molar-refractivity contribution in [2.75, 3.05) is 23.7 Å². The van der Waals surface area contributed by atoms with Crippen LogP contribution in [0.15, 0.2) is 29.3 Å². The van der Waals surface area contributed by atoms with E-state index in [-0.39, 0.29) is 11.4 Å². The maximum absolute atomic E-state index is 12.0. The summed E-state index contributed by atoms with van der Waals surface area (Å²) < 4.78 is 0. The highest BCUT2D eigenvalue weighted by molar-refractivity contribution is 6.10. The predicted octanol–water partition coefficient (Wildman–Crippen LogP) is 3.25. The molecule has 24 heavy (non-hydrogen) atoms. The van der Waals surface area contributed by atoms with Gasteiger partial charge in [-0.25, -0.2) is 0 Å². The van der Waals surface area contributed by atoms with Crippen LogP contribution in [0.25, 0.3) is 0 Å². The number of amides is 1. The van der Waals surface area contributed by atoms with Crippen molar-refractivity contribution in [2.45, 2.75) is 57.0 Å². The van der Waals surface area contributed by atoms with Gasteiger partial charge in [0.2, 0.25) is 5.91 Å². The molecule has 0 radical (unpaired) electrons. The smallest absolute Gasteiger partial charge is 0.219 e. The summed E-state index contributed by atoms with van der Waals surface area (Å²) in [6.07, 6.45) is 6.92. The Balaban J connectivity index is 1.71. The second-order valence-corrected chi connectivity index (χ2v) is 7.34. The first kappa shape index (κ1) is 15.5. The molecule has 0 unspecified atom stereocenters. The topological polar surface area (TPSA) is 56.7 Å². The summed E-state index contributed by atoms with van der Waals surface area (Å²) >= 11 is 0. The number of para-hydroxylation sites is 2. The highest BCUT2D eigenvalue weighted by Crippen LogP contribution is 2.37. The quantitative estimate of drug-likeness (QED) is 0.833. The van der Waals surface area contributed by atoms with Crippen molar-refractivity contribution in [1.29, 1.82) is 0 Å². The van der Waals surface area contributed by atoms with Crippen LogP contribution in [0.3, 0.4) is 0 Å². The van der Waals surface area contributed by atoms with E-state index in [1.165, 1.54) is 25.7 Å². The van der Waals surface area contributed by atoms with Gasteiger partial charge in [-0.15, -0.1) is 0 Å². The molecule has 1 aromatic rings. The molecule has 0 bridgehead atoms. The van der Waals surface area contributed by atoms with Gasteiger partial charge in [0.25, 0.3) is 0 Å². The fourth-order valence-corrected chi connectivity index (χ4v) is 4.26. The average Bonchev–Trinajstić information content (AvgIpc) is 3.09. The number of nitrogens with one attached hydrogen (secondary N) is 2. The van der Waals surface area contributed by atoms with Gasteiger partial charge in [0.15, 0.2) is 0 Å². The second kappa shape index (κ2) is 6.11. The van der Waals surface area contributed by atoms with E-state index in [0.29, 0.717) is 12.6 Å². The van der Waals surface area contributed by atoms with E-state index >= 15 is 0 Å². The summed E-state index contributed by atoms with van der Waals surface area (Å²) in [5.41, 5.74) is 1.91. The van der Waals surface area contributed by atoms with Crippen LogP contribution in [0.2, 0.25) is 0 Å². The number of carbonyl (C=O) groups is 1. The third kappa shape index (κ3) is 2.76. The van der Waals surface area contributed by atoms with E-state index in [4.69, 9.17) is 4.99 Å². The average molecular weight is 326 g/mol. The maximum atomic E-state index is 12.0. The van der Waals surface area contributed by atoms with Crippen molar-refractivity contribution in [3.8, 4) is 0 Å². The van der Waals surface area contributed by atoms with Gasteiger partial charge in [-0.3, -0.25) is 9.79 Å². The van der Waals surface area contributed by atoms with Crippen LogP contribution in [-0.4, -0.2) is 41.3 Å².